The summed E-state index contributed by atoms with van der Waals surface area (Å²) >= 11 is 0. The van der Waals surface area contributed by atoms with Gasteiger partial charge in [0.1, 0.15) is 5.78 Å². The molecule has 0 aliphatic heterocycles. The zero-order valence-electron chi connectivity index (χ0n) is 31.5. The Balaban J connectivity index is 1.45. The van der Waals surface area contributed by atoms with Gasteiger partial charge in [0.2, 0.25) is 17.6 Å². The third-order valence-electron chi connectivity index (χ3n) is 9.52. The number of hydrogen-bond acceptors (Lipinski definition) is 6. The average molecular weight is 730 g/mol. The standard InChI is InChI=1S/C45H51N3O6/c1-30(47-43(53)36(25-31-14-8-5-9-15-31)28-38(49)26-32-16-10-6-11-17-32)41(51)44(54)48-39(27-33-18-12-7-13-19-33)40(50)29-35(42(46)52)24-34-20-22-37(23-21-34)45(2,3)4/h5-23,30,35-36,39H,24-29H2,1-4H3,(H2,46,52)(H,47,53)(H,48,54). The lowest BCUT2D eigenvalue weighted by Gasteiger charge is -2.23. The number of benzene rings is 4. The zero-order valence-corrected chi connectivity index (χ0v) is 31.5. The van der Waals surface area contributed by atoms with E-state index in [0.717, 1.165) is 27.8 Å². The Bertz CT molecular complexity index is 1890. The largest absolute Gasteiger partial charge is 0.369 e. The van der Waals surface area contributed by atoms with Crippen LogP contribution in [-0.2, 0) is 59.9 Å². The van der Waals surface area contributed by atoms with Crippen molar-refractivity contribution in [2.24, 2.45) is 17.6 Å². The SMILES string of the molecule is CC(NC(=O)C(CC(=O)Cc1ccccc1)Cc1ccccc1)C(=O)C(=O)NC(Cc1ccccc1)C(=O)CC(Cc1ccc(C(C)(C)C)cc1)C(N)=O. The van der Waals surface area contributed by atoms with E-state index in [1.165, 1.54) is 6.92 Å². The molecule has 0 heterocycles. The lowest BCUT2D eigenvalue weighted by Crippen LogP contribution is -2.52. The minimum atomic E-state index is -1.25. The number of amides is 3. The summed E-state index contributed by atoms with van der Waals surface area (Å²) in [4.78, 5) is 79.9. The summed E-state index contributed by atoms with van der Waals surface area (Å²) in [5.41, 5.74) is 10.1. The van der Waals surface area contributed by atoms with E-state index in [0.29, 0.717) is 0 Å². The van der Waals surface area contributed by atoms with Gasteiger partial charge in [-0.1, -0.05) is 136 Å². The van der Waals surface area contributed by atoms with Gasteiger partial charge in [0.15, 0.2) is 5.78 Å². The maximum absolute atomic E-state index is 13.8. The van der Waals surface area contributed by atoms with Crippen molar-refractivity contribution in [3.63, 3.8) is 0 Å². The number of nitrogens with two attached hydrogens (primary N) is 1. The highest BCUT2D eigenvalue weighted by molar-refractivity contribution is 6.38. The number of carbonyl (C=O) groups is 6. The van der Waals surface area contributed by atoms with Crippen LogP contribution in [0.25, 0.3) is 0 Å². The molecule has 0 aliphatic carbocycles. The van der Waals surface area contributed by atoms with Crippen molar-refractivity contribution in [2.45, 2.75) is 83.7 Å². The van der Waals surface area contributed by atoms with E-state index < -0.39 is 53.2 Å². The molecular weight excluding hydrogens is 679 g/mol. The van der Waals surface area contributed by atoms with Gasteiger partial charge < -0.3 is 16.4 Å². The lowest BCUT2D eigenvalue weighted by molar-refractivity contribution is -0.141. The molecule has 4 aromatic rings. The Morgan fingerprint density at radius 1 is 0.593 bits per heavy atom. The van der Waals surface area contributed by atoms with E-state index in [-0.39, 0.29) is 49.7 Å². The van der Waals surface area contributed by atoms with Gasteiger partial charge in [-0.05, 0) is 59.4 Å². The number of primary amides is 1. The van der Waals surface area contributed by atoms with Gasteiger partial charge in [0, 0.05) is 31.1 Å². The number of Topliss-reactive ketones (excluding diaryl/α,β-unsaturated/α-hetero) is 3. The van der Waals surface area contributed by atoms with Crippen LogP contribution in [0.2, 0.25) is 0 Å². The molecule has 4 atom stereocenters. The predicted octanol–water partition coefficient (Wildman–Crippen LogP) is 5.45. The van der Waals surface area contributed by atoms with Crippen molar-refractivity contribution in [3.8, 4) is 0 Å². The molecule has 9 nitrogen and oxygen atoms in total. The highest BCUT2D eigenvalue weighted by atomic mass is 16.2. The molecule has 0 radical (unpaired) electrons. The first-order valence-electron chi connectivity index (χ1n) is 18.4. The van der Waals surface area contributed by atoms with Crippen molar-refractivity contribution in [2.75, 3.05) is 0 Å². The molecule has 0 aromatic heterocycles. The molecule has 4 N–H and O–H groups in total. The van der Waals surface area contributed by atoms with Crippen LogP contribution in [0.5, 0.6) is 0 Å². The van der Waals surface area contributed by atoms with Crippen molar-refractivity contribution in [1.29, 1.82) is 0 Å². The van der Waals surface area contributed by atoms with E-state index in [4.69, 9.17) is 5.73 Å². The van der Waals surface area contributed by atoms with Crippen LogP contribution in [-0.4, -0.2) is 47.2 Å². The molecule has 0 spiro atoms. The first kappa shape index (κ1) is 41.1. The van der Waals surface area contributed by atoms with Crippen molar-refractivity contribution in [1.82, 2.24) is 10.6 Å². The summed E-state index contributed by atoms with van der Waals surface area (Å²) in [7, 11) is 0. The minimum absolute atomic E-state index is 0.0520. The molecule has 9 heteroatoms. The second-order valence-electron chi connectivity index (χ2n) is 15.0. The van der Waals surface area contributed by atoms with Gasteiger partial charge in [-0.3, -0.25) is 28.8 Å². The van der Waals surface area contributed by atoms with Gasteiger partial charge in [-0.15, -0.1) is 0 Å². The molecule has 3 amide bonds. The van der Waals surface area contributed by atoms with Crippen LogP contribution in [0.15, 0.2) is 115 Å². The fourth-order valence-corrected chi connectivity index (χ4v) is 6.33. The predicted molar refractivity (Wildman–Crippen MR) is 209 cm³/mol. The van der Waals surface area contributed by atoms with Crippen molar-refractivity contribution in [3.05, 3.63) is 143 Å². The molecular formula is C45H51N3O6. The van der Waals surface area contributed by atoms with Crippen LogP contribution in [0, 0.1) is 11.8 Å². The Hall–Kier alpha value is -5.70. The molecule has 0 fully saturated rings. The number of carbonyl (C=O) groups excluding carboxylic acids is 6. The Morgan fingerprint density at radius 3 is 1.59 bits per heavy atom. The van der Waals surface area contributed by atoms with E-state index in [1.54, 1.807) is 24.3 Å². The molecule has 0 aliphatic rings. The van der Waals surface area contributed by atoms with Gasteiger partial charge in [0.05, 0.1) is 12.1 Å². The quantitative estimate of drug-likeness (QED) is 0.109. The molecule has 282 valence electrons. The van der Waals surface area contributed by atoms with Crippen LogP contribution in [0.1, 0.15) is 68.4 Å². The number of rotatable bonds is 19. The van der Waals surface area contributed by atoms with Crippen LogP contribution >= 0.6 is 0 Å². The molecule has 0 bridgehead atoms. The fraction of sp³-hybridized carbons (Fsp3) is 0.333. The molecule has 54 heavy (non-hydrogen) atoms. The molecule has 4 aromatic carbocycles. The number of hydrogen-bond donors (Lipinski definition) is 3. The number of ketones is 3. The first-order valence-corrected chi connectivity index (χ1v) is 18.4. The molecule has 0 saturated carbocycles. The smallest absolute Gasteiger partial charge is 0.290 e. The minimum Gasteiger partial charge on any atom is -0.369 e. The van der Waals surface area contributed by atoms with E-state index >= 15 is 0 Å². The maximum atomic E-state index is 13.8. The Labute approximate surface area is 318 Å². The highest BCUT2D eigenvalue weighted by Crippen LogP contribution is 2.24. The molecule has 4 rings (SSSR count). The zero-order chi connectivity index (χ0) is 39.3. The lowest BCUT2D eigenvalue weighted by atomic mass is 9.85. The normalized spacial score (nSPS) is 13.5. The van der Waals surface area contributed by atoms with Gasteiger partial charge in [-0.2, -0.15) is 0 Å². The number of nitrogens with one attached hydrogen (secondary N) is 2. The molecule has 0 saturated heterocycles. The summed E-state index contributed by atoms with van der Waals surface area (Å²) in [5.74, 6) is -5.39. The third kappa shape index (κ3) is 12.8. The first-order chi connectivity index (χ1) is 25.7. The highest BCUT2D eigenvalue weighted by Gasteiger charge is 2.32. The summed E-state index contributed by atoms with van der Waals surface area (Å²) in [6, 6.07) is 32.9. The Kier molecular flexibility index (Phi) is 14.7. The topological polar surface area (TPSA) is 152 Å². The summed E-state index contributed by atoms with van der Waals surface area (Å²) in [6.45, 7) is 7.71. The van der Waals surface area contributed by atoms with Crippen molar-refractivity contribution < 1.29 is 28.8 Å². The van der Waals surface area contributed by atoms with E-state index in [2.05, 4.69) is 31.4 Å². The summed E-state index contributed by atoms with van der Waals surface area (Å²) < 4.78 is 0. The van der Waals surface area contributed by atoms with Crippen LogP contribution in [0.4, 0.5) is 0 Å². The summed E-state index contributed by atoms with van der Waals surface area (Å²) in [5, 5.41) is 5.23. The monoisotopic (exact) mass is 729 g/mol. The van der Waals surface area contributed by atoms with Gasteiger partial charge in [0.25, 0.3) is 5.91 Å². The molecule has 4 unspecified atom stereocenters. The van der Waals surface area contributed by atoms with Gasteiger partial charge >= 0.3 is 0 Å². The summed E-state index contributed by atoms with van der Waals surface area (Å²) in [6.07, 6.45) is 0.430. The Morgan fingerprint density at radius 2 is 1.07 bits per heavy atom. The maximum Gasteiger partial charge on any atom is 0.290 e. The fourth-order valence-electron chi connectivity index (χ4n) is 6.33. The average Bonchev–Trinajstić information content (AvgIpc) is 3.14. The van der Waals surface area contributed by atoms with Crippen LogP contribution in [0.3, 0.4) is 0 Å². The van der Waals surface area contributed by atoms with Crippen molar-refractivity contribution >= 4 is 35.1 Å². The van der Waals surface area contributed by atoms with Gasteiger partial charge in [-0.25, -0.2) is 0 Å². The third-order valence-corrected chi connectivity index (χ3v) is 9.52. The van der Waals surface area contributed by atoms with Crippen LogP contribution < -0.4 is 16.4 Å². The second kappa shape index (κ2) is 19.4. The van der Waals surface area contributed by atoms with E-state index in [9.17, 15) is 28.8 Å². The van der Waals surface area contributed by atoms with E-state index in [1.807, 2.05) is 91.0 Å². The second-order valence-corrected chi connectivity index (χ2v) is 15.0.